The SMILES string of the molecule is C1=C(CCC2C(c3ccccc3)=Cc3ccccc32)Cc2ccccc21.[Cl][Zr][Cl]. The maximum absolute atomic E-state index is 4.93. The van der Waals surface area contributed by atoms with E-state index in [0.717, 1.165) is 12.8 Å². The van der Waals surface area contributed by atoms with E-state index < -0.39 is 20.8 Å². The van der Waals surface area contributed by atoms with Gasteiger partial charge in [0.05, 0.1) is 0 Å². The molecule has 1 atom stereocenters. The number of benzene rings is 3. The number of allylic oxidation sites excluding steroid dienone is 2. The molecule has 3 aromatic carbocycles. The number of hydrogen-bond acceptors (Lipinski definition) is 0. The molecule has 0 saturated heterocycles. The number of hydrogen-bond donors (Lipinski definition) is 0. The molecule has 0 fully saturated rings. The second kappa shape index (κ2) is 10.1. The van der Waals surface area contributed by atoms with Crippen LogP contribution in [0.15, 0.2) is 84.4 Å². The van der Waals surface area contributed by atoms with Gasteiger partial charge in [-0.1, -0.05) is 96.6 Å². The summed E-state index contributed by atoms with van der Waals surface area (Å²) in [6.07, 6.45) is 8.26. The minimum absolute atomic E-state index is 0.498. The summed E-state index contributed by atoms with van der Waals surface area (Å²) in [6, 6.07) is 28.6. The molecule has 3 aromatic rings. The molecule has 0 radical (unpaired) electrons. The minimum atomic E-state index is -0.826. The van der Waals surface area contributed by atoms with Gasteiger partial charge in [-0.25, -0.2) is 0 Å². The van der Waals surface area contributed by atoms with Gasteiger partial charge in [-0.2, -0.15) is 0 Å². The number of fused-ring (bicyclic) bond motifs is 2. The van der Waals surface area contributed by atoms with E-state index in [1.807, 2.05) is 0 Å². The van der Waals surface area contributed by atoms with Crippen molar-refractivity contribution in [1.29, 1.82) is 0 Å². The Balaban J connectivity index is 0.000000645. The van der Waals surface area contributed by atoms with Crippen LogP contribution in [-0.2, 0) is 27.3 Å². The van der Waals surface area contributed by atoms with Crippen LogP contribution in [0.2, 0.25) is 0 Å². The average molecular weight is 497 g/mol. The summed E-state index contributed by atoms with van der Waals surface area (Å²) >= 11 is -0.826. The van der Waals surface area contributed by atoms with Gasteiger partial charge in [-0.15, -0.1) is 0 Å². The molecule has 0 heterocycles. The summed E-state index contributed by atoms with van der Waals surface area (Å²) in [6.45, 7) is 0. The molecule has 0 N–H and O–H groups in total. The zero-order valence-electron chi connectivity index (χ0n) is 16.1. The van der Waals surface area contributed by atoms with E-state index in [4.69, 9.17) is 17.0 Å². The zero-order chi connectivity index (χ0) is 20.1. The van der Waals surface area contributed by atoms with Crippen molar-refractivity contribution in [3.8, 4) is 0 Å². The van der Waals surface area contributed by atoms with Crippen LogP contribution in [0.1, 0.15) is 46.6 Å². The molecule has 2 aliphatic carbocycles. The second-order valence-electron chi connectivity index (χ2n) is 7.44. The van der Waals surface area contributed by atoms with Crippen molar-refractivity contribution in [2.45, 2.75) is 25.2 Å². The Hall–Kier alpha value is -1.40. The van der Waals surface area contributed by atoms with Gasteiger partial charge in [0.15, 0.2) is 0 Å². The molecule has 0 aromatic heterocycles. The Morgan fingerprint density at radius 2 is 1.41 bits per heavy atom. The first-order valence-corrected chi connectivity index (χ1v) is 16.2. The Kier molecular flexibility index (Phi) is 7.25. The fourth-order valence-electron chi connectivity index (χ4n) is 4.46. The Morgan fingerprint density at radius 3 is 2.17 bits per heavy atom. The molecule has 0 spiro atoms. The van der Waals surface area contributed by atoms with Crippen molar-refractivity contribution >= 4 is 34.8 Å². The Labute approximate surface area is 191 Å². The van der Waals surface area contributed by atoms with Gasteiger partial charge in [-0.05, 0) is 52.7 Å². The van der Waals surface area contributed by atoms with Gasteiger partial charge in [0.25, 0.3) is 0 Å². The average Bonchev–Trinajstić information content (AvgIpc) is 3.34. The fourth-order valence-corrected chi connectivity index (χ4v) is 4.46. The van der Waals surface area contributed by atoms with Crippen LogP contribution in [0.3, 0.4) is 0 Å². The molecule has 0 aliphatic heterocycles. The predicted octanol–water partition coefficient (Wildman–Crippen LogP) is 8.12. The normalized spacial score (nSPS) is 16.1. The molecule has 144 valence electrons. The molecule has 0 nitrogen and oxygen atoms in total. The summed E-state index contributed by atoms with van der Waals surface area (Å²) in [4.78, 5) is 0. The van der Waals surface area contributed by atoms with Gasteiger partial charge in [0.2, 0.25) is 0 Å². The van der Waals surface area contributed by atoms with E-state index in [0.29, 0.717) is 5.92 Å². The first-order chi connectivity index (χ1) is 14.3. The second-order valence-corrected chi connectivity index (χ2v) is 11.2. The van der Waals surface area contributed by atoms with Crippen molar-refractivity contribution in [2.24, 2.45) is 0 Å². The van der Waals surface area contributed by atoms with Gasteiger partial charge in [0.1, 0.15) is 0 Å². The van der Waals surface area contributed by atoms with Gasteiger partial charge in [0, 0.05) is 5.92 Å². The van der Waals surface area contributed by atoms with Gasteiger partial charge >= 0.3 is 37.9 Å². The first kappa shape index (κ1) is 20.9. The summed E-state index contributed by atoms with van der Waals surface area (Å²) in [7, 11) is 9.87. The van der Waals surface area contributed by atoms with Crippen molar-refractivity contribution in [1.82, 2.24) is 0 Å². The maximum atomic E-state index is 4.93. The Morgan fingerprint density at radius 1 is 0.759 bits per heavy atom. The monoisotopic (exact) mass is 494 g/mol. The zero-order valence-corrected chi connectivity index (χ0v) is 20.1. The van der Waals surface area contributed by atoms with E-state index in [2.05, 4.69) is 91.0 Å². The standard InChI is InChI=1S/C26H22.2ClH.Zr/c1-2-8-20(9-3-1)26-18-23-12-6-7-13-24(23)25(26)15-14-19-16-21-10-4-5-11-22(21)17-19;;;/h1-13,16,18,25H,14-15,17H2;2*1H;/q;;;+2/p-2. The van der Waals surface area contributed by atoms with Crippen molar-refractivity contribution in [2.75, 3.05) is 0 Å². The predicted molar refractivity (Wildman–Crippen MR) is 123 cm³/mol. The van der Waals surface area contributed by atoms with Crippen LogP contribution in [0.4, 0.5) is 0 Å². The third-order valence-corrected chi connectivity index (χ3v) is 5.75. The van der Waals surface area contributed by atoms with E-state index in [9.17, 15) is 0 Å². The van der Waals surface area contributed by atoms with Crippen molar-refractivity contribution in [3.63, 3.8) is 0 Å². The summed E-state index contributed by atoms with van der Waals surface area (Å²) < 4.78 is 0. The number of rotatable bonds is 4. The topological polar surface area (TPSA) is 0 Å². The molecule has 29 heavy (non-hydrogen) atoms. The van der Waals surface area contributed by atoms with Gasteiger partial charge in [-0.3, -0.25) is 0 Å². The fraction of sp³-hybridized carbons (Fsp3) is 0.154. The van der Waals surface area contributed by atoms with E-state index in [1.165, 1.54) is 39.8 Å². The molecular formula is C26H22Cl2Zr. The summed E-state index contributed by atoms with van der Waals surface area (Å²) in [5.41, 5.74) is 10.2. The van der Waals surface area contributed by atoms with Crippen LogP contribution < -0.4 is 0 Å². The van der Waals surface area contributed by atoms with Crippen LogP contribution in [0.5, 0.6) is 0 Å². The van der Waals surface area contributed by atoms with Crippen LogP contribution in [0, 0.1) is 0 Å². The number of halogens is 2. The molecule has 3 heteroatoms. The molecule has 0 amide bonds. The molecule has 0 bridgehead atoms. The Bertz CT molecular complexity index is 1040. The van der Waals surface area contributed by atoms with Crippen LogP contribution in [-0.4, -0.2) is 0 Å². The molecular weight excluding hydrogens is 474 g/mol. The third kappa shape index (κ3) is 4.85. The van der Waals surface area contributed by atoms with Gasteiger partial charge < -0.3 is 0 Å². The summed E-state index contributed by atoms with van der Waals surface area (Å²) in [5.74, 6) is 0.498. The molecule has 5 rings (SSSR count). The van der Waals surface area contributed by atoms with E-state index >= 15 is 0 Å². The van der Waals surface area contributed by atoms with Crippen LogP contribution in [0.25, 0.3) is 17.7 Å². The van der Waals surface area contributed by atoms with E-state index in [1.54, 1.807) is 5.57 Å². The van der Waals surface area contributed by atoms with Crippen molar-refractivity contribution in [3.05, 3.63) is 112 Å². The van der Waals surface area contributed by atoms with Crippen molar-refractivity contribution < 1.29 is 20.8 Å². The van der Waals surface area contributed by atoms with E-state index in [-0.39, 0.29) is 0 Å². The quantitative estimate of drug-likeness (QED) is 0.342. The summed E-state index contributed by atoms with van der Waals surface area (Å²) in [5, 5.41) is 0. The van der Waals surface area contributed by atoms with Crippen LogP contribution >= 0.6 is 17.0 Å². The molecule has 1 unspecified atom stereocenters. The molecule has 0 saturated carbocycles. The third-order valence-electron chi connectivity index (χ3n) is 5.75. The molecule has 2 aliphatic rings. The first-order valence-electron chi connectivity index (χ1n) is 9.89.